The minimum atomic E-state index is -3.09. The first kappa shape index (κ1) is 24.8. The molecule has 0 saturated carbocycles. The van der Waals surface area contributed by atoms with E-state index < -0.39 is 15.9 Å². The Bertz CT molecular complexity index is 1100. The van der Waals surface area contributed by atoms with Gasteiger partial charge >= 0.3 is 0 Å². The van der Waals surface area contributed by atoms with Crippen LogP contribution in [0.3, 0.4) is 0 Å². The normalized spacial score (nSPS) is 16.9. The molecular weight excluding hydrogens is 472 g/mol. The molecule has 1 N–H and O–H groups in total. The first-order chi connectivity index (χ1) is 15.7. The average Bonchev–Trinajstić information content (AvgIpc) is 3.40. The molecule has 1 atom stereocenters. The van der Waals surface area contributed by atoms with E-state index in [2.05, 4.69) is 15.5 Å². The highest BCUT2D eigenvalue weighted by atomic mass is 32.2. The van der Waals surface area contributed by atoms with Crippen LogP contribution < -0.4 is 14.8 Å². The van der Waals surface area contributed by atoms with Crippen LogP contribution in [0, 0.1) is 0 Å². The van der Waals surface area contributed by atoms with Gasteiger partial charge in [-0.3, -0.25) is 9.59 Å². The summed E-state index contributed by atoms with van der Waals surface area (Å²) in [6.07, 6.45) is 0.391. The third-order valence-corrected chi connectivity index (χ3v) is 7.60. The van der Waals surface area contributed by atoms with Crippen molar-refractivity contribution in [2.45, 2.75) is 24.6 Å². The second kappa shape index (κ2) is 10.9. The maximum atomic E-state index is 12.6. The van der Waals surface area contributed by atoms with Gasteiger partial charge in [0.2, 0.25) is 11.8 Å². The van der Waals surface area contributed by atoms with Gasteiger partial charge in [0.15, 0.2) is 9.84 Å². The Labute approximate surface area is 196 Å². The summed E-state index contributed by atoms with van der Waals surface area (Å²) in [5, 5.41) is 10.9. The van der Waals surface area contributed by atoms with Crippen LogP contribution in [0.2, 0.25) is 0 Å². The number of nitrogens with zero attached hydrogens (tertiary/aromatic N) is 3. The van der Waals surface area contributed by atoms with Crippen LogP contribution in [-0.4, -0.2) is 85.9 Å². The van der Waals surface area contributed by atoms with Gasteiger partial charge in [0, 0.05) is 18.7 Å². The highest BCUT2D eigenvalue weighted by Gasteiger charge is 2.29. The summed E-state index contributed by atoms with van der Waals surface area (Å²) >= 11 is 1.06. The lowest BCUT2D eigenvalue weighted by Gasteiger charge is -2.21. The van der Waals surface area contributed by atoms with Gasteiger partial charge in [-0.05, 0) is 25.5 Å². The number of benzene rings is 1. The fraction of sp³-hybridized carbons (Fsp3) is 0.500. The molecule has 1 fully saturated rings. The number of carbonyl (C=O) groups is 2. The molecule has 1 aliphatic rings. The minimum absolute atomic E-state index is 0.000306. The maximum absolute atomic E-state index is 12.6. The van der Waals surface area contributed by atoms with Crippen molar-refractivity contribution < 1.29 is 31.9 Å². The molecule has 33 heavy (non-hydrogen) atoms. The molecule has 1 saturated heterocycles. The number of likely N-dealkylation sites (N-methyl/N-ethyl adjacent to an activating group) is 1. The van der Waals surface area contributed by atoms with Gasteiger partial charge in [-0.1, -0.05) is 11.8 Å². The number of nitrogens with one attached hydrogen (secondary N) is 1. The molecule has 0 bridgehead atoms. The second-order valence-corrected chi connectivity index (χ2v) is 10.5. The lowest BCUT2D eigenvalue weighted by molar-refractivity contribution is -0.134. The number of carbonyl (C=O) groups excluding carboxylic acids is 2. The van der Waals surface area contributed by atoms with Crippen LogP contribution in [0.5, 0.6) is 11.5 Å². The Morgan fingerprint density at radius 2 is 2.06 bits per heavy atom. The number of aromatic nitrogens is 2. The summed E-state index contributed by atoms with van der Waals surface area (Å²) < 4.78 is 39.2. The van der Waals surface area contributed by atoms with Crippen molar-refractivity contribution in [3.63, 3.8) is 0 Å². The van der Waals surface area contributed by atoms with Crippen molar-refractivity contribution in [3.8, 4) is 23.0 Å². The van der Waals surface area contributed by atoms with Crippen molar-refractivity contribution in [1.82, 2.24) is 20.4 Å². The molecule has 0 spiro atoms. The van der Waals surface area contributed by atoms with E-state index in [4.69, 9.17) is 13.9 Å². The average molecular weight is 499 g/mol. The molecule has 1 aromatic carbocycles. The van der Waals surface area contributed by atoms with Crippen molar-refractivity contribution >= 4 is 33.4 Å². The van der Waals surface area contributed by atoms with Crippen LogP contribution in [0.25, 0.3) is 11.5 Å². The first-order valence-electron chi connectivity index (χ1n) is 10.2. The van der Waals surface area contributed by atoms with E-state index >= 15 is 0 Å². The van der Waals surface area contributed by atoms with Gasteiger partial charge in [-0.2, -0.15) is 0 Å². The summed E-state index contributed by atoms with van der Waals surface area (Å²) in [6.45, 7) is 1.94. The molecule has 11 nitrogen and oxygen atoms in total. The topological polar surface area (TPSA) is 141 Å². The molecule has 0 aliphatic carbocycles. The molecular formula is C20H26N4O7S2. The Hall–Kier alpha value is -2.80. The summed E-state index contributed by atoms with van der Waals surface area (Å²) in [5.41, 5.74) is 0.588. The van der Waals surface area contributed by atoms with Gasteiger partial charge in [0.1, 0.15) is 11.5 Å². The SMILES string of the molecule is CCN(CC(=O)NC1CCS(=O)(=O)C1)C(=O)CSc1nnc(-c2ccc(OC)cc2OC)o1. The number of hydrogen-bond acceptors (Lipinski definition) is 10. The summed E-state index contributed by atoms with van der Waals surface area (Å²) in [6, 6.07) is 4.76. The summed E-state index contributed by atoms with van der Waals surface area (Å²) in [7, 11) is -0.0241. The Morgan fingerprint density at radius 1 is 1.27 bits per heavy atom. The maximum Gasteiger partial charge on any atom is 0.277 e. The molecule has 3 rings (SSSR count). The third-order valence-electron chi connectivity index (χ3n) is 5.03. The number of thioether (sulfide) groups is 1. The fourth-order valence-electron chi connectivity index (χ4n) is 3.30. The summed E-state index contributed by atoms with van der Waals surface area (Å²) in [5.74, 6) is 0.704. The van der Waals surface area contributed by atoms with E-state index in [1.54, 1.807) is 32.2 Å². The van der Waals surface area contributed by atoms with E-state index in [9.17, 15) is 18.0 Å². The van der Waals surface area contributed by atoms with E-state index in [0.717, 1.165) is 11.8 Å². The Balaban J connectivity index is 1.54. The van der Waals surface area contributed by atoms with Crippen molar-refractivity contribution in [2.75, 3.05) is 44.6 Å². The smallest absolute Gasteiger partial charge is 0.277 e. The van der Waals surface area contributed by atoms with Crippen LogP contribution >= 0.6 is 11.8 Å². The lowest BCUT2D eigenvalue weighted by atomic mass is 10.2. The van der Waals surface area contributed by atoms with Crippen molar-refractivity contribution in [2.24, 2.45) is 0 Å². The van der Waals surface area contributed by atoms with E-state index in [1.807, 2.05) is 0 Å². The molecule has 2 aromatic rings. The monoisotopic (exact) mass is 498 g/mol. The van der Waals surface area contributed by atoms with Gasteiger partial charge < -0.3 is 24.1 Å². The number of rotatable bonds is 10. The van der Waals surface area contributed by atoms with Gasteiger partial charge in [0.25, 0.3) is 11.1 Å². The van der Waals surface area contributed by atoms with Gasteiger partial charge in [-0.15, -0.1) is 10.2 Å². The standard InChI is InChI=1S/C20H26N4O7S2/c1-4-24(10-17(25)21-13-7-8-33(27,28)12-13)18(26)11-32-20-23-22-19(31-20)15-6-5-14(29-2)9-16(15)30-3/h5-6,9,13H,4,7-8,10-12H2,1-3H3,(H,21,25). The van der Waals surface area contributed by atoms with E-state index in [-0.39, 0.29) is 46.7 Å². The number of sulfone groups is 1. The molecule has 1 aromatic heterocycles. The molecule has 180 valence electrons. The molecule has 1 aliphatic heterocycles. The minimum Gasteiger partial charge on any atom is -0.497 e. The molecule has 0 radical (unpaired) electrons. The lowest BCUT2D eigenvalue weighted by Crippen LogP contribution is -2.45. The Morgan fingerprint density at radius 3 is 2.70 bits per heavy atom. The first-order valence-corrected chi connectivity index (χ1v) is 13.0. The van der Waals surface area contributed by atoms with Crippen LogP contribution in [0.4, 0.5) is 0 Å². The second-order valence-electron chi connectivity index (χ2n) is 7.30. The number of amides is 2. The quantitative estimate of drug-likeness (QED) is 0.472. The zero-order valence-corrected chi connectivity index (χ0v) is 20.2. The van der Waals surface area contributed by atoms with Crippen LogP contribution in [-0.2, 0) is 19.4 Å². The zero-order chi connectivity index (χ0) is 24.0. The van der Waals surface area contributed by atoms with Gasteiger partial charge in [0.05, 0.1) is 43.6 Å². The number of methoxy groups -OCH3 is 2. The fourth-order valence-corrected chi connectivity index (χ4v) is 5.64. The highest BCUT2D eigenvalue weighted by molar-refractivity contribution is 7.99. The van der Waals surface area contributed by atoms with E-state index in [0.29, 0.717) is 30.0 Å². The highest BCUT2D eigenvalue weighted by Crippen LogP contribution is 2.33. The largest absolute Gasteiger partial charge is 0.497 e. The van der Waals surface area contributed by atoms with E-state index in [1.165, 1.54) is 12.0 Å². The molecule has 2 amide bonds. The molecule has 2 heterocycles. The molecule has 1 unspecified atom stereocenters. The predicted octanol–water partition coefficient (Wildman–Crippen LogP) is 0.998. The third kappa shape index (κ3) is 6.60. The van der Waals surface area contributed by atoms with Crippen molar-refractivity contribution in [3.05, 3.63) is 18.2 Å². The van der Waals surface area contributed by atoms with Gasteiger partial charge in [-0.25, -0.2) is 8.42 Å². The number of ether oxygens (including phenoxy) is 2. The Kier molecular flexibility index (Phi) is 8.19. The predicted molar refractivity (Wildman–Crippen MR) is 121 cm³/mol. The van der Waals surface area contributed by atoms with Crippen LogP contribution in [0.1, 0.15) is 13.3 Å². The zero-order valence-electron chi connectivity index (χ0n) is 18.6. The number of hydrogen-bond donors (Lipinski definition) is 1. The van der Waals surface area contributed by atoms with Crippen LogP contribution in [0.15, 0.2) is 27.8 Å². The summed E-state index contributed by atoms with van der Waals surface area (Å²) in [4.78, 5) is 26.2. The van der Waals surface area contributed by atoms with Crippen molar-refractivity contribution in [1.29, 1.82) is 0 Å². The molecule has 13 heteroatoms.